The second kappa shape index (κ2) is 8.29. The summed E-state index contributed by atoms with van der Waals surface area (Å²) in [4.78, 5) is 13.7. The third kappa shape index (κ3) is 5.20. The number of alkyl carbamates (subject to hydrolysis) is 1. The van der Waals surface area contributed by atoms with Gasteiger partial charge in [-0.25, -0.2) is 4.79 Å². The van der Waals surface area contributed by atoms with Crippen molar-refractivity contribution < 1.29 is 14.6 Å². The van der Waals surface area contributed by atoms with Crippen LogP contribution in [0, 0.1) is 5.92 Å². The molecule has 0 aliphatic carbocycles. The molecule has 0 spiro atoms. The van der Waals surface area contributed by atoms with Crippen LogP contribution in [0.15, 0.2) is 0 Å². The highest BCUT2D eigenvalue weighted by Gasteiger charge is 2.27. The maximum atomic E-state index is 11.4. The molecule has 0 aromatic heterocycles. The number of nitrogens with zero attached hydrogens (tertiary/aromatic N) is 1. The summed E-state index contributed by atoms with van der Waals surface area (Å²) < 4.78 is 4.89. The molecule has 4 N–H and O–H groups in total. The second-order valence-corrected chi connectivity index (χ2v) is 4.72. The fraction of sp³-hybridized carbons (Fsp3) is 0.917. The first kappa shape index (κ1) is 15.2. The van der Waals surface area contributed by atoms with Gasteiger partial charge in [0.05, 0.1) is 6.61 Å². The molecule has 6 nitrogen and oxygen atoms in total. The predicted octanol–water partition coefficient (Wildman–Crippen LogP) is -0.236. The van der Waals surface area contributed by atoms with Gasteiger partial charge in [0.25, 0.3) is 0 Å². The molecular formula is C12H25N3O3. The number of ether oxygens (including phenoxy) is 1. The number of aliphatic hydroxyl groups excluding tert-OH is 1. The van der Waals surface area contributed by atoms with Crippen LogP contribution in [0.3, 0.4) is 0 Å². The molecule has 18 heavy (non-hydrogen) atoms. The van der Waals surface area contributed by atoms with Gasteiger partial charge in [0, 0.05) is 38.8 Å². The lowest BCUT2D eigenvalue weighted by atomic mass is 9.92. The van der Waals surface area contributed by atoms with Crippen LogP contribution in [0.4, 0.5) is 4.79 Å². The number of nitrogens with one attached hydrogen (secondary N) is 1. The molecule has 1 aliphatic heterocycles. The molecule has 0 aromatic rings. The zero-order chi connectivity index (χ0) is 13.4. The van der Waals surface area contributed by atoms with Crippen molar-refractivity contribution in [2.45, 2.75) is 25.8 Å². The maximum Gasteiger partial charge on any atom is 0.407 e. The molecule has 1 heterocycles. The summed E-state index contributed by atoms with van der Waals surface area (Å²) in [5, 5.41) is 11.9. The van der Waals surface area contributed by atoms with Crippen LogP contribution >= 0.6 is 0 Å². The zero-order valence-electron chi connectivity index (χ0n) is 11.1. The molecule has 0 aromatic carbocycles. The Kier molecular flexibility index (Phi) is 7.00. The highest BCUT2D eigenvalue weighted by Crippen LogP contribution is 2.19. The average molecular weight is 259 g/mol. The van der Waals surface area contributed by atoms with Crippen molar-refractivity contribution in [3.05, 3.63) is 0 Å². The number of piperidine rings is 1. The van der Waals surface area contributed by atoms with Crippen LogP contribution in [0.2, 0.25) is 0 Å². The third-order valence-electron chi connectivity index (χ3n) is 3.19. The quantitative estimate of drug-likeness (QED) is 0.613. The fourth-order valence-corrected chi connectivity index (χ4v) is 2.50. The lowest BCUT2D eigenvalue weighted by molar-refractivity contribution is 0.108. The number of hydrogen-bond donors (Lipinski definition) is 3. The molecule has 1 saturated heterocycles. The van der Waals surface area contributed by atoms with E-state index in [1.54, 1.807) is 6.92 Å². The summed E-state index contributed by atoms with van der Waals surface area (Å²) in [6.07, 6.45) is 1.29. The summed E-state index contributed by atoms with van der Waals surface area (Å²) in [7, 11) is 0. The first-order valence-electron chi connectivity index (χ1n) is 6.66. The Hall–Kier alpha value is -0.850. The van der Waals surface area contributed by atoms with Crippen LogP contribution < -0.4 is 11.1 Å². The normalized spacial score (nSPS) is 24.8. The van der Waals surface area contributed by atoms with Crippen molar-refractivity contribution in [3.63, 3.8) is 0 Å². The first-order valence-corrected chi connectivity index (χ1v) is 6.66. The number of nitrogens with two attached hydrogens (primary N) is 1. The molecule has 6 heteroatoms. The number of likely N-dealkylation sites (tertiary alicyclic amines) is 1. The Labute approximate surface area is 108 Å². The van der Waals surface area contributed by atoms with Gasteiger partial charge in [-0.05, 0) is 25.7 Å². The molecule has 0 radical (unpaired) electrons. The van der Waals surface area contributed by atoms with Gasteiger partial charge in [0.1, 0.15) is 0 Å². The number of hydrogen-bond acceptors (Lipinski definition) is 5. The first-order chi connectivity index (χ1) is 8.69. The van der Waals surface area contributed by atoms with Crippen molar-refractivity contribution >= 4 is 6.09 Å². The fourth-order valence-electron chi connectivity index (χ4n) is 2.50. The molecule has 1 aliphatic rings. The minimum atomic E-state index is -0.361. The van der Waals surface area contributed by atoms with Gasteiger partial charge in [-0.2, -0.15) is 0 Å². The average Bonchev–Trinajstić information content (AvgIpc) is 2.29. The smallest absolute Gasteiger partial charge is 0.407 e. The van der Waals surface area contributed by atoms with Gasteiger partial charge in [0.2, 0.25) is 0 Å². The van der Waals surface area contributed by atoms with E-state index < -0.39 is 0 Å². The lowest BCUT2D eigenvalue weighted by Gasteiger charge is -2.37. The van der Waals surface area contributed by atoms with E-state index in [1.165, 1.54) is 0 Å². The second-order valence-electron chi connectivity index (χ2n) is 4.72. The van der Waals surface area contributed by atoms with Gasteiger partial charge >= 0.3 is 6.09 Å². The van der Waals surface area contributed by atoms with E-state index in [0.717, 1.165) is 32.5 Å². The molecule has 1 amide bonds. The standard InChI is InChI=1S/C12H25N3O3/c1-2-18-12(17)14-11-7-10(3-6-16)8-15(9-11)5-4-13/h10-11,16H,2-9,13H2,1H3,(H,14,17). The van der Waals surface area contributed by atoms with E-state index in [9.17, 15) is 4.79 Å². The van der Waals surface area contributed by atoms with E-state index >= 15 is 0 Å². The predicted molar refractivity (Wildman–Crippen MR) is 69.2 cm³/mol. The molecule has 0 bridgehead atoms. The SMILES string of the molecule is CCOC(=O)NC1CC(CCO)CN(CCN)C1. The number of amides is 1. The van der Waals surface area contributed by atoms with Crippen LogP contribution in [0.5, 0.6) is 0 Å². The Balaban J connectivity index is 2.46. The minimum absolute atomic E-state index is 0.0842. The van der Waals surface area contributed by atoms with Gasteiger partial charge in [-0.1, -0.05) is 0 Å². The summed E-state index contributed by atoms with van der Waals surface area (Å²) in [5.74, 6) is 0.405. The van der Waals surface area contributed by atoms with Gasteiger partial charge in [-0.15, -0.1) is 0 Å². The Morgan fingerprint density at radius 1 is 1.56 bits per heavy atom. The summed E-state index contributed by atoms with van der Waals surface area (Å²) in [5.41, 5.74) is 5.57. The van der Waals surface area contributed by atoms with Crippen LogP contribution in [0.1, 0.15) is 19.8 Å². The largest absolute Gasteiger partial charge is 0.450 e. The highest BCUT2D eigenvalue weighted by molar-refractivity contribution is 5.67. The summed E-state index contributed by atoms with van der Waals surface area (Å²) >= 11 is 0. The molecular weight excluding hydrogens is 234 g/mol. The number of carbonyl (C=O) groups is 1. The molecule has 106 valence electrons. The van der Waals surface area contributed by atoms with Gasteiger partial charge in [0.15, 0.2) is 0 Å². The molecule has 2 atom stereocenters. The van der Waals surface area contributed by atoms with Crippen molar-refractivity contribution in [2.75, 3.05) is 39.4 Å². The monoisotopic (exact) mass is 259 g/mol. The van der Waals surface area contributed by atoms with Crippen molar-refractivity contribution in [3.8, 4) is 0 Å². The topological polar surface area (TPSA) is 87.8 Å². The van der Waals surface area contributed by atoms with E-state index in [-0.39, 0.29) is 18.7 Å². The minimum Gasteiger partial charge on any atom is -0.450 e. The highest BCUT2D eigenvalue weighted by atomic mass is 16.5. The van der Waals surface area contributed by atoms with Gasteiger partial charge in [-0.3, -0.25) is 4.90 Å². The Morgan fingerprint density at radius 3 is 2.94 bits per heavy atom. The Bertz CT molecular complexity index is 237. The number of carbonyl (C=O) groups excluding carboxylic acids is 1. The Morgan fingerprint density at radius 2 is 2.33 bits per heavy atom. The van der Waals surface area contributed by atoms with Crippen molar-refractivity contribution in [1.82, 2.24) is 10.2 Å². The van der Waals surface area contributed by atoms with Crippen LogP contribution in [0.25, 0.3) is 0 Å². The van der Waals surface area contributed by atoms with Crippen LogP contribution in [-0.2, 0) is 4.74 Å². The van der Waals surface area contributed by atoms with E-state index in [1.807, 2.05) is 0 Å². The third-order valence-corrected chi connectivity index (χ3v) is 3.19. The van der Waals surface area contributed by atoms with E-state index in [0.29, 0.717) is 19.1 Å². The molecule has 2 unspecified atom stereocenters. The zero-order valence-corrected chi connectivity index (χ0v) is 11.1. The number of aliphatic hydroxyl groups is 1. The van der Waals surface area contributed by atoms with Crippen molar-refractivity contribution in [1.29, 1.82) is 0 Å². The number of rotatable bonds is 6. The maximum absolute atomic E-state index is 11.4. The van der Waals surface area contributed by atoms with E-state index in [2.05, 4.69) is 10.2 Å². The van der Waals surface area contributed by atoms with E-state index in [4.69, 9.17) is 15.6 Å². The van der Waals surface area contributed by atoms with Gasteiger partial charge < -0.3 is 20.9 Å². The lowest BCUT2D eigenvalue weighted by Crippen LogP contribution is -2.52. The summed E-state index contributed by atoms with van der Waals surface area (Å²) in [6.45, 7) is 5.53. The molecule has 1 fully saturated rings. The summed E-state index contributed by atoms with van der Waals surface area (Å²) in [6, 6.07) is 0.0842. The van der Waals surface area contributed by atoms with Crippen LogP contribution in [-0.4, -0.2) is 61.5 Å². The van der Waals surface area contributed by atoms with Crippen molar-refractivity contribution in [2.24, 2.45) is 11.7 Å². The molecule has 1 rings (SSSR count). The molecule has 0 saturated carbocycles.